The number of nitrogens with one attached hydrogen (secondary N) is 3. The summed E-state index contributed by atoms with van der Waals surface area (Å²) in [5, 5.41) is 9.09. The van der Waals surface area contributed by atoms with E-state index in [0.717, 1.165) is 37.9 Å². The SMILES string of the molecule is CN(C)CCNC(=O)c1cccc(CNC(=O)[C@H]2CCCCN2)c1.Cl.Cl. The van der Waals surface area contributed by atoms with E-state index in [0.29, 0.717) is 18.7 Å². The first kappa shape index (κ1) is 24.7. The second-order valence-electron chi connectivity index (χ2n) is 6.48. The van der Waals surface area contributed by atoms with Crippen LogP contribution in [0.4, 0.5) is 0 Å². The van der Waals surface area contributed by atoms with E-state index in [4.69, 9.17) is 0 Å². The molecule has 0 saturated carbocycles. The molecule has 0 radical (unpaired) electrons. The normalized spacial score (nSPS) is 16.2. The summed E-state index contributed by atoms with van der Waals surface area (Å²) in [5.41, 5.74) is 1.55. The van der Waals surface area contributed by atoms with Crippen molar-refractivity contribution in [3.63, 3.8) is 0 Å². The molecule has 148 valence electrons. The van der Waals surface area contributed by atoms with Gasteiger partial charge in [0.1, 0.15) is 0 Å². The van der Waals surface area contributed by atoms with Crippen LogP contribution in [0.5, 0.6) is 0 Å². The Balaban J connectivity index is 0.00000312. The summed E-state index contributed by atoms with van der Waals surface area (Å²) in [6.45, 7) is 2.76. The van der Waals surface area contributed by atoms with E-state index in [1.165, 1.54) is 0 Å². The van der Waals surface area contributed by atoms with E-state index in [2.05, 4.69) is 16.0 Å². The largest absolute Gasteiger partial charge is 0.351 e. The Morgan fingerprint density at radius 1 is 1.19 bits per heavy atom. The standard InChI is InChI=1S/C18H28N4O2.2ClH/c1-22(2)11-10-20-17(23)15-7-5-6-14(12-15)13-21-18(24)16-8-3-4-9-19-16;;/h5-7,12,16,19H,3-4,8-11,13H2,1-2H3,(H,20,23)(H,21,24);2*1H/t16-;;/m1../s1. The fraction of sp³-hybridized carbons (Fsp3) is 0.556. The van der Waals surface area contributed by atoms with E-state index in [9.17, 15) is 9.59 Å². The summed E-state index contributed by atoms with van der Waals surface area (Å²) in [4.78, 5) is 26.3. The maximum Gasteiger partial charge on any atom is 0.251 e. The number of likely N-dealkylation sites (N-methyl/N-ethyl adjacent to an activating group) is 1. The number of amides is 2. The fourth-order valence-corrected chi connectivity index (χ4v) is 2.71. The number of benzene rings is 1. The first-order chi connectivity index (χ1) is 11.6. The molecule has 1 aromatic rings. The molecule has 2 amide bonds. The first-order valence-corrected chi connectivity index (χ1v) is 8.59. The average molecular weight is 405 g/mol. The van der Waals surface area contributed by atoms with Gasteiger partial charge in [-0.2, -0.15) is 0 Å². The van der Waals surface area contributed by atoms with Gasteiger partial charge in [-0.25, -0.2) is 0 Å². The third-order valence-corrected chi connectivity index (χ3v) is 4.13. The number of piperidine rings is 1. The molecule has 26 heavy (non-hydrogen) atoms. The van der Waals surface area contributed by atoms with Crippen LogP contribution in [0.2, 0.25) is 0 Å². The Hall–Kier alpha value is -1.34. The van der Waals surface area contributed by atoms with E-state index < -0.39 is 0 Å². The molecule has 1 aromatic carbocycles. The zero-order valence-corrected chi connectivity index (χ0v) is 17.0. The lowest BCUT2D eigenvalue weighted by Crippen LogP contribution is -2.46. The topological polar surface area (TPSA) is 73.5 Å². The minimum Gasteiger partial charge on any atom is -0.351 e. The molecule has 2 rings (SSSR count). The van der Waals surface area contributed by atoms with Gasteiger partial charge in [0.15, 0.2) is 0 Å². The van der Waals surface area contributed by atoms with Gasteiger partial charge in [0, 0.05) is 25.2 Å². The van der Waals surface area contributed by atoms with Crippen molar-refractivity contribution in [1.82, 2.24) is 20.9 Å². The van der Waals surface area contributed by atoms with Crippen LogP contribution in [0.15, 0.2) is 24.3 Å². The molecule has 8 heteroatoms. The van der Waals surface area contributed by atoms with Gasteiger partial charge in [0.05, 0.1) is 6.04 Å². The van der Waals surface area contributed by atoms with Crippen LogP contribution in [-0.2, 0) is 11.3 Å². The van der Waals surface area contributed by atoms with Crippen molar-refractivity contribution < 1.29 is 9.59 Å². The predicted octanol–water partition coefficient (Wildman–Crippen LogP) is 1.58. The molecule has 1 saturated heterocycles. The number of rotatable bonds is 7. The van der Waals surface area contributed by atoms with Gasteiger partial charge in [-0.05, 0) is 51.2 Å². The number of hydrogen-bond acceptors (Lipinski definition) is 4. The van der Waals surface area contributed by atoms with Crippen LogP contribution in [0.25, 0.3) is 0 Å². The second kappa shape index (κ2) is 12.9. The van der Waals surface area contributed by atoms with Crippen molar-refractivity contribution in [1.29, 1.82) is 0 Å². The Morgan fingerprint density at radius 2 is 1.96 bits per heavy atom. The van der Waals surface area contributed by atoms with Crippen molar-refractivity contribution in [3.05, 3.63) is 35.4 Å². The van der Waals surface area contributed by atoms with Gasteiger partial charge >= 0.3 is 0 Å². The Kier molecular flexibility index (Phi) is 12.3. The lowest BCUT2D eigenvalue weighted by atomic mass is 10.0. The zero-order chi connectivity index (χ0) is 17.4. The molecule has 0 spiro atoms. The van der Waals surface area contributed by atoms with Crippen molar-refractivity contribution in [2.24, 2.45) is 0 Å². The molecule has 1 fully saturated rings. The minimum absolute atomic E-state index is 0. The molecule has 0 unspecified atom stereocenters. The van der Waals surface area contributed by atoms with Gasteiger partial charge in [0.25, 0.3) is 5.91 Å². The Morgan fingerprint density at radius 3 is 2.62 bits per heavy atom. The molecule has 1 aliphatic heterocycles. The first-order valence-electron chi connectivity index (χ1n) is 8.59. The molecule has 0 aliphatic carbocycles. The third-order valence-electron chi connectivity index (χ3n) is 4.13. The quantitative estimate of drug-likeness (QED) is 0.644. The van der Waals surface area contributed by atoms with E-state index in [-0.39, 0.29) is 42.7 Å². The van der Waals surface area contributed by atoms with Crippen LogP contribution >= 0.6 is 24.8 Å². The van der Waals surface area contributed by atoms with Crippen molar-refractivity contribution in [2.75, 3.05) is 33.7 Å². The number of carbonyl (C=O) groups is 2. The molecular formula is C18H30Cl2N4O2. The summed E-state index contributed by atoms with van der Waals surface area (Å²) >= 11 is 0. The van der Waals surface area contributed by atoms with Gasteiger partial charge in [-0.3, -0.25) is 9.59 Å². The molecule has 0 aromatic heterocycles. The molecule has 0 bridgehead atoms. The summed E-state index contributed by atoms with van der Waals surface area (Å²) < 4.78 is 0. The predicted molar refractivity (Wildman–Crippen MR) is 109 cm³/mol. The second-order valence-corrected chi connectivity index (χ2v) is 6.48. The lowest BCUT2D eigenvalue weighted by molar-refractivity contribution is -0.123. The van der Waals surface area contributed by atoms with Crippen LogP contribution in [-0.4, -0.2) is 56.5 Å². The molecule has 3 N–H and O–H groups in total. The number of halogens is 2. The third kappa shape index (κ3) is 8.36. The van der Waals surface area contributed by atoms with Gasteiger partial charge < -0.3 is 20.9 Å². The zero-order valence-electron chi connectivity index (χ0n) is 15.4. The maximum absolute atomic E-state index is 12.1. The van der Waals surface area contributed by atoms with Crippen molar-refractivity contribution in [2.45, 2.75) is 31.8 Å². The van der Waals surface area contributed by atoms with Crippen molar-refractivity contribution in [3.8, 4) is 0 Å². The molecular weight excluding hydrogens is 375 g/mol. The summed E-state index contributed by atoms with van der Waals surface area (Å²) in [6, 6.07) is 7.31. The van der Waals surface area contributed by atoms with Gasteiger partial charge in [0.2, 0.25) is 5.91 Å². The van der Waals surface area contributed by atoms with Gasteiger partial charge in [-0.1, -0.05) is 18.6 Å². The molecule has 1 heterocycles. The van der Waals surface area contributed by atoms with Crippen LogP contribution in [0, 0.1) is 0 Å². The monoisotopic (exact) mass is 404 g/mol. The van der Waals surface area contributed by atoms with Crippen LogP contribution in [0.1, 0.15) is 35.2 Å². The van der Waals surface area contributed by atoms with E-state index >= 15 is 0 Å². The fourth-order valence-electron chi connectivity index (χ4n) is 2.71. The summed E-state index contributed by atoms with van der Waals surface area (Å²) in [7, 11) is 3.94. The van der Waals surface area contributed by atoms with E-state index in [1.54, 1.807) is 6.07 Å². The van der Waals surface area contributed by atoms with Crippen LogP contribution in [0.3, 0.4) is 0 Å². The van der Waals surface area contributed by atoms with Crippen molar-refractivity contribution >= 4 is 36.6 Å². The van der Waals surface area contributed by atoms with Crippen LogP contribution < -0.4 is 16.0 Å². The Labute approximate surface area is 168 Å². The highest BCUT2D eigenvalue weighted by molar-refractivity contribution is 5.94. The maximum atomic E-state index is 12.1. The smallest absolute Gasteiger partial charge is 0.251 e. The summed E-state index contributed by atoms with van der Waals surface area (Å²) in [5.74, 6) is -0.0467. The number of hydrogen-bond donors (Lipinski definition) is 3. The average Bonchev–Trinajstić information content (AvgIpc) is 2.60. The number of nitrogens with zero attached hydrogens (tertiary/aromatic N) is 1. The van der Waals surface area contributed by atoms with Gasteiger partial charge in [-0.15, -0.1) is 24.8 Å². The highest BCUT2D eigenvalue weighted by atomic mass is 35.5. The highest BCUT2D eigenvalue weighted by Gasteiger charge is 2.19. The minimum atomic E-state index is -0.0868. The Bertz CT molecular complexity index is 564. The molecule has 1 aliphatic rings. The highest BCUT2D eigenvalue weighted by Crippen LogP contribution is 2.08. The molecule has 1 atom stereocenters. The number of carbonyl (C=O) groups excluding carboxylic acids is 2. The molecule has 6 nitrogen and oxygen atoms in total. The lowest BCUT2D eigenvalue weighted by Gasteiger charge is -2.22. The van der Waals surface area contributed by atoms with E-state index in [1.807, 2.05) is 37.2 Å². The summed E-state index contributed by atoms with van der Waals surface area (Å²) in [6.07, 6.45) is 3.11.